The Morgan fingerprint density at radius 3 is 2.18 bits per heavy atom. The van der Waals surface area contributed by atoms with Gasteiger partial charge in [-0.15, -0.1) is 0 Å². The van der Waals surface area contributed by atoms with Crippen molar-refractivity contribution in [2.24, 2.45) is 5.41 Å². The van der Waals surface area contributed by atoms with Gasteiger partial charge in [0.15, 0.2) is 17.3 Å². The Labute approximate surface area is 195 Å². The molecule has 0 radical (unpaired) electrons. The first-order valence-electron chi connectivity index (χ1n) is 11.2. The van der Waals surface area contributed by atoms with Crippen molar-refractivity contribution in [3.63, 3.8) is 0 Å². The van der Waals surface area contributed by atoms with Crippen LogP contribution in [0.5, 0.6) is 17.2 Å². The molecule has 33 heavy (non-hydrogen) atoms. The quantitative estimate of drug-likeness (QED) is 0.629. The average molecular weight is 450 g/mol. The average Bonchev–Trinajstić information content (AvgIpc) is 2.77. The van der Waals surface area contributed by atoms with E-state index in [1.54, 1.807) is 32.3 Å². The first-order valence-corrected chi connectivity index (χ1v) is 11.2. The number of anilines is 1. The second-order valence-corrected chi connectivity index (χ2v) is 9.52. The predicted octanol–water partition coefficient (Wildman–Crippen LogP) is 5.18. The van der Waals surface area contributed by atoms with E-state index < -0.39 is 5.92 Å². The van der Waals surface area contributed by atoms with E-state index in [0.717, 1.165) is 22.5 Å². The molecular weight excluding hydrogens is 418 g/mol. The first kappa shape index (κ1) is 22.9. The zero-order valence-corrected chi connectivity index (χ0v) is 20.2. The zero-order chi connectivity index (χ0) is 23.9. The highest BCUT2D eigenvalue weighted by Crippen LogP contribution is 2.51. The zero-order valence-electron chi connectivity index (χ0n) is 20.2. The molecule has 174 valence electrons. The van der Waals surface area contributed by atoms with Crippen molar-refractivity contribution in [2.45, 2.75) is 46.0 Å². The molecular formula is C27H31NO5. The van der Waals surface area contributed by atoms with Gasteiger partial charge in [-0.25, -0.2) is 0 Å². The molecule has 1 aliphatic carbocycles. The number of ether oxygens (including phenoxy) is 3. The predicted molar refractivity (Wildman–Crippen MR) is 127 cm³/mol. The molecule has 0 saturated heterocycles. The summed E-state index contributed by atoms with van der Waals surface area (Å²) in [4.78, 5) is 29.0. The Balaban J connectivity index is 1.96. The van der Waals surface area contributed by atoms with Crippen LogP contribution in [0.25, 0.3) is 0 Å². The number of para-hydroxylation sites is 1. The minimum Gasteiger partial charge on any atom is -0.496 e. The minimum atomic E-state index is -0.411. The van der Waals surface area contributed by atoms with Crippen LogP contribution >= 0.6 is 0 Å². The summed E-state index contributed by atoms with van der Waals surface area (Å²) in [7, 11) is 4.71. The molecule has 0 bridgehead atoms. The molecule has 0 saturated carbocycles. The molecule has 2 aromatic carbocycles. The van der Waals surface area contributed by atoms with Crippen LogP contribution in [-0.4, -0.2) is 33.0 Å². The van der Waals surface area contributed by atoms with E-state index in [0.29, 0.717) is 35.7 Å². The van der Waals surface area contributed by atoms with Crippen molar-refractivity contribution in [3.05, 3.63) is 58.8 Å². The van der Waals surface area contributed by atoms with Crippen molar-refractivity contribution in [1.82, 2.24) is 0 Å². The molecule has 2 aliphatic rings. The summed E-state index contributed by atoms with van der Waals surface area (Å²) in [6.45, 7) is 6.15. The number of allylic oxidation sites excluding steroid dienone is 2. The fraction of sp³-hybridized carbons (Fsp3) is 0.407. The lowest BCUT2D eigenvalue weighted by Gasteiger charge is -2.43. The van der Waals surface area contributed by atoms with Gasteiger partial charge in [-0.2, -0.15) is 0 Å². The summed E-state index contributed by atoms with van der Waals surface area (Å²) in [6.07, 6.45) is 1.25. The van der Waals surface area contributed by atoms with Crippen LogP contribution in [-0.2, 0) is 9.59 Å². The summed E-state index contributed by atoms with van der Waals surface area (Å²) < 4.78 is 16.6. The maximum atomic E-state index is 13.7. The molecule has 1 unspecified atom stereocenters. The Morgan fingerprint density at radius 1 is 0.909 bits per heavy atom. The maximum Gasteiger partial charge on any atom is 0.232 e. The molecule has 1 aliphatic heterocycles. The van der Waals surface area contributed by atoms with Crippen LogP contribution < -0.4 is 19.1 Å². The Bertz CT molecular complexity index is 1150. The van der Waals surface area contributed by atoms with Gasteiger partial charge < -0.3 is 14.2 Å². The number of benzene rings is 2. The number of aryl methyl sites for hydroxylation is 1. The monoisotopic (exact) mass is 449 g/mol. The van der Waals surface area contributed by atoms with E-state index in [2.05, 4.69) is 13.8 Å². The molecule has 2 aromatic rings. The number of methoxy groups -OCH3 is 3. The molecule has 6 heteroatoms. The first-order chi connectivity index (χ1) is 15.7. The summed E-state index contributed by atoms with van der Waals surface area (Å²) >= 11 is 0. The Kier molecular flexibility index (Phi) is 5.95. The van der Waals surface area contributed by atoms with Gasteiger partial charge >= 0.3 is 0 Å². The molecule has 0 aromatic heterocycles. The molecule has 4 rings (SSSR count). The molecule has 0 spiro atoms. The molecule has 1 amide bonds. The van der Waals surface area contributed by atoms with Gasteiger partial charge in [0.1, 0.15) is 5.75 Å². The van der Waals surface area contributed by atoms with Gasteiger partial charge in [0.25, 0.3) is 0 Å². The summed E-state index contributed by atoms with van der Waals surface area (Å²) in [5.74, 6) is 1.27. The normalized spacial score (nSPS) is 19.9. The van der Waals surface area contributed by atoms with Gasteiger partial charge in [0.05, 0.1) is 27.0 Å². The SMILES string of the molecule is COc1cc(OC)c(C2CC(=O)N(c3ccccc3C)C3=C2C(=O)CC(C)(C)C3)cc1OC. The topological polar surface area (TPSA) is 65.1 Å². The molecule has 1 heterocycles. The van der Waals surface area contributed by atoms with Crippen LogP contribution in [0, 0.1) is 12.3 Å². The number of hydrogen-bond donors (Lipinski definition) is 0. The summed E-state index contributed by atoms with van der Waals surface area (Å²) in [6, 6.07) is 11.4. The standard InChI is InChI=1S/C27H31NO5/c1-16-9-7-8-10-19(16)28-20-14-27(2,3)15-21(29)26(20)18(12-25(28)30)17-11-23(32-5)24(33-6)13-22(17)31-4/h7-11,13,18H,12,14-15H2,1-6H3. The van der Waals surface area contributed by atoms with Crippen molar-refractivity contribution in [3.8, 4) is 17.2 Å². The van der Waals surface area contributed by atoms with E-state index >= 15 is 0 Å². The minimum absolute atomic E-state index is 0.0320. The third kappa shape index (κ3) is 3.99. The second-order valence-electron chi connectivity index (χ2n) is 9.52. The Morgan fingerprint density at radius 2 is 1.55 bits per heavy atom. The number of carbonyl (C=O) groups excluding carboxylic acids is 2. The van der Waals surface area contributed by atoms with Crippen molar-refractivity contribution >= 4 is 17.4 Å². The number of carbonyl (C=O) groups is 2. The van der Waals surface area contributed by atoms with Gasteiger partial charge in [0.2, 0.25) is 5.91 Å². The lowest BCUT2D eigenvalue weighted by molar-refractivity contribution is -0.121. The third-order valence-corrected chi connectivity index (χ3v) is 6.61. The Hall–Kier alpha value is -3.28. The summed E-state index contributed by atoms with van der Waals surface area (Å²) in [5, 5.41) is 0. The van der Waals surface area contributed by atoms with Crippen LogP contribution in [0.4, 0.5) is 5.69 Å². The molecule has 1 atom stereocenters. The van der Waals surface area contributed by atoms with E-state index in [9.17, 15) is 9.59 Å². The highest BCUT2D eigenvalue weighted by molar-refractivity contribution is 6.08. The van der Waals surface area contributed by atoms with Crippen molar-refractivity contribution in [2.75, 3.05) is 26.2 Å². The molecule has 6 nitrogen and oxygen atoms in total. The number of Topliss-reactive ketones (excluding diaryl/α,β-unsaturated/α-hetero) is 1. The number of ketones is 1. The third-order valence-electron chi connectivity index (χ3n) is 6.61. The smallest absolute Gasteiger partial charge is 0.232 e. The number of amides is 1. The lowest BCUT2D eigenvalue weighted by atomic mass is 9.69. The highest BCUT2D eigenvalue weighted by atomic mass is 16.5. The van der Waals surface area contributed by atoms with Crippen LogP contribution in [0.3, 0.4) is 0 Å². The van der Waals surface area contributed by atoms with Crippen LogP contribution in [0.1, 0.15) is 50.2 Å². The van der Waals surface area contributed by atoms with E-state index in [1.807, 2.05) is 37.3 Å². The van der Waals surface area contributed by atoms with E-state index in [4.69, 9.17) is 14.2 Å². The fourth-order valence-corrected chi connectivity index (χ4v) is 5.10. The number of hydrogen-bond acceptors (Lipinski definition) is 5. The van der Waals surface area contributed by atoms with E-state index in [1.165, 1.54) is 0 Å². The van der Waals surface area contributed by atoms with Gasteiger partial charge in [-0.05, 0) is 36.5 Å². The van der Waals surface area contributed by atoms with E-state index in [-0.39, 0.29) is 23.5 Å². The van der Waals surface area contributed by atoms with Gasteiger partial charge in [0, 0.05) is 41.7 Å². The summed E-state index contributed by atoms with van der Waals surface area (Å²) in [5.41, 5.74) is 3.84. The fourth-order valence-electron chi connectivity index (χ4n) is 5.10. The largest absolute Gasteiger partial charge is 0.496 e. The maximum absolute atomic E-state index is 13.7. The second kappa shape index (κ2) is 8.58. The van der Waals surface area contributed by atoms with Gasteiger partial charge in [-0.1, -0.05) is 32.0 Å². The van der Waals surface area contributed by atoms with Gasteiger partial charge in [-0.3, -0.25) is 14.5 Å². The van der Waals surface area contributed by atoms with Crippen molar-refractivity contribution < 1.29 is 23.8 Å². The lowest BCUT2D eigenvalue weighted by Crippen LogP contribution is -2.44. The number of rotatable bonds is 5. The van der Waals surface area contributed by atoms with Crippen molar-refractivity contribution in [1.29, 1.82) is 0 Å². The molecule has 0 N–H and O–H groups in total. The van der Waals surface area contributed by atoms with Crippen LogP contribution in [0.2, 0.25) is 0 Å². The number of nitrogens with zero attached hydrogens (tertiary/aromatic N) is 1. The molecule has 0 fully saturated rings. The highest BCUT2D eigenvalue weighted by Gasteiger charge is 2.45. The van der Waals surface area contributed by atoms with Crippen LogP contribution in [0.15, 0.2) is 47.7 Å².